The molecule has 0 saturated carbocycles. The topological polar surface area (TPSA) is 54.3 Å². The van der Waals surface area contributed by atoms with Gasteiger partial charge in [0.2, 0.25) is 5.91 Å². The molecule has 1 atom stereocenters. The molecule has 0 aliphatic carbocycles. The maximum absolute atomic E-state index is 13.9. The van der Waals surface area contributed by atoms with Crippen LogP contribution in [0.5, 0.6) is 0 Å². The molecule has 0 bridgehead atoms. The van der Waals surface area contributed by atoms with Gasteiger partial charge in [-0.05, 0) is 79.2 Å². The largest absolute Gasteiger partial charge is 0.350 e. The predicted molar refractivity (Wildman–Crippen MR) is 134 cm³/mol. The summed E-state index contributed by atoms with van der Waals surface area (Å²) < 4.78 is 1.99. The summed E-state index contributed by atoms with van der Waals surface area (Å²) in [4.78, 5) is 30.3. The molecule has 5 rings (SSSR count). The van der Waals surface area contributed by atoms with Gasteiger partial charge in [-0.25, -0.2) is 0 Å². The SMILES string of the molecule is Cc1cc(C)cc(N2C(=O)c3cc4ccsc4n3CC2(C)C(=O)NCc2ccc(Cl)cc2)c1. The Morgan fingerprint density at radius 1 is 1.09 bits per heavy atom. The van der Waals surface area contributed by atoms with Crippen molar-refractivity contribution in [3.8, 4) is 0 Å². The Labute approximate surface area is 201 Å². The molecular formula is C26H24ClN3O2S. The van der Waals surface area contributed by atoms with E-state index in [2.05, 4.69) is 11.4 Å². The van der Waals surface area contributed by atoms with Crippen LogP contribution >= 0.6 is 22.9 Å². The third-order valence-electron chi connectivity index (χ3n) is 6.20. The van der Waals surface area contributed by atoms with Crippen molar-refractivity contribution in [3.63, 3.8) is 0 Å². The fourth-order valence-electron chi connectivity index (χ4n) is 4.66. The number of amides is 2. The van der Waals surface area contributed by atoms with Crippen molar-refractivity contribution >= 4 is 50.7 Å². The molecule has 0 saturated heterocycles. The van der Waals surface area contributed by atoms with Crippen molar-refractivity contribution in [3.05, 3.63) is 87.4 Å². The van der Waals surface area contributed by atoms with Crippen LogP contribution in [0.25, 0.3) is 10.2 Å². The van der Waals surface area contributed by atoms with Gasteiger partial charge in [0.1, 0.15) is 16.1 Å². The highest BCUT2D eigenvalue weighted by atomic mass is 35.5. The maximum Gasteiger partial charge on any atom is 0.275 e. The normalized spacial score (nSPS) is 17.9. The molecule has 2 aromatic carbocycles. The highest BCUT2D eigenvalue weighted by molar-refractivity contribution is 7.16. The maximum atomic E-state index is 13.9. The number of hydrogen-bond acceptors (Lipinski definition) is 3. The Morgan fingerprint density at radius 3 is 2.48 bits per heavy atom. The second-order valence-electron chi connectivity index (χ2n) is 8.87. The molecular weight excluding hydrogens is 454 g/mol. The Bertz CT molecular complexity index is 1370. The molecule has 1 N–H and O–H groups in total. The molecule has 2 amide bonds. The molecule has 1 aliphatic heterocycles. The number of nitrogens with zero attached hydrogens (tertiary/aromatic N) is 2. The van der Waals surface area contributed by atoms with Gasteiger partial charge in [-0.3, -0.25) is 14.5 Å². The summed E-state index contributed by atoms with van der Waals surface area (Å²) in [7, 11) is 0. The first-order valence-corrected chi connectivity index (χ1v) is 12.0. The molecule has 3 heterocycles. The lowest BCUT2D eigenvalue weighted by Crippen LogP contribution is -2.64. The first-order valence-electron chi connectivity index (χ1n) is 10.8. The average molecular weight is 478 g/mol. The molecule has 168 valence electrons. The van der Waals surface area contributed by atoms with Crippen LogP contribution in [0.2, 0.25) is 5.02 Å². The number of aromatic nitrogens is 1. The van der Waals surface area contributed by atoms with Crippen LogP contribution in [0.15, 0.2) is 60.0 Å². The highest BCUT2D eigenvalue weighted by Gasteiger charge is 2.48. The van der Waals surface area contributed by atoms with Gasteiger partial charge in [0.15, 0.2) is 0 Å². The second kappa shape index (κ2) is 8.04. The van der Waals surface area contributed by atoms with E-state index < -0.39 is 5.54 Å². The quantitative estimate of drug-likeness (QED) is 0.409. The highest BCUT2D eigenvalue weighted by Crippen LogP contribution is 2.38. The van der Waals surface area contributed by atoms with Gasteiger partial charge in [-0.2, -0.15) is 0 Å². The minimum atomic E-state index is -1.10. The summed E-state index contributed by atoms with van der Waals surface area (Å²) in [6.07, 6.45) is 0. The lowest BCUT2D eigenvalue weighted by Gasteiger charge is -2.44. The first-order chi connectivity index (χ1) is 15.8. The number of anilines is 1. The van der Waals surface area contributed by atoms with E-state index in [1.165, 1.54) is 0 Å². The average Bonchev–Trinajstić information content (AvgIpc) is 3.35. The van der Waals surface area contributed by atoms with Crippen LogP contribution in [0.4, 0.5) is 5.69 Å². The van der Waals surface area contributed by atoms with Crippen molar-refractivity contribution in [2.24, 2.45) is 0 Å². The van der Waals surface area contributed by atoms with Crippen molar-refractivity contribution in [2.45, 2.75) is 39.4 Å². The number of rotatable bonds is 4. The van der Waals surface area contributed by atoms with Crippen molar-refractivity contribution in [2.75, 3.05) is 4.90 Å². The zero-order valence-electron chi connectivity index (χ0n) is 18.7. The number of carbonyl (C=O) groups excluding carboxylic acids is 2. The monoisotopic (exact) mass is 477 g/mol. The minimum Gasteiger partial charge on any atom is -0.350 e. The zero-order valence-corrected chi connectivity index (χ0v) is 20.3. The van der Waals surface area contributed by atoms with Crippen LogP contribution < -0.4 is 10.2 Å². The fourth-order valence-corrected chi connectivity index (χ4v) is 5.68. The molecule has 33 heavy (non-hydrogen) atoms. The van der Waals surface area contributed by atoms with Crippen LogP contribution in [0.3, 0.4) is 0 Å². The number of fused-ring (bicyclic) bond motifs is 3. The summed E-state index contributed by atoms with van der Waals surface area (Å²) in [5.74, 6) is -0.368. The molecule has 0 fully saturated rings. The van der Waals surface area contributed by atoms with Crippen LogP contribution in [0, 0.1) is 13.8 Å². The molecule has 0 radical (unpaired) electrons. The molecule has 5 nitrogen and oxygen atoms in total. The van der Waals surface area contributed by atoms with Gasteiger partial charge in [0, 0.05) is 22.6 Å². The van der Waals surface area contributed by atoms with Gasteiger partial charge in [0.25, 0.3) is 5.91 Å². The van der Waals surface area contributed by atoms with E-state index >= 15 is 0 Å². The Balaban J connectivity index is 1.57. The lowest BCUT2D eigenvalue weighted by atomic mass is 9.93. The molecule has 7 heteroatoms. The summed E-state index contributed by atoms with van der Waals surface area (Å²) >= 11 is 7.57. The number of nitrogens with one attached hydrogen (secondary N) is 1. The third kappa shape index (κ3) is 3.73. The van der Waals surface area contributed by atoms with Gasteiger partial charge >= 0.3 is 0 Å². The van der Waals surface area contributed by atoms with E-state index in [1.807, 2.05) is 67.1 Å². The Morgan fingerprint density at radius 2 is 1.79 bits per heavy atom. The van der Waals surface area contributed by atoms with Crippen molar-refractivity contribution in [1.29, 1.82) is 0 Å². The van der Waals surface area contributed by atoms with Gasteiger partial charge < -0.3 is 9.88 Å². The zero-order chi connectivity index (χ0) is 23.3. The Hall–Kier alpha value is -3.09. The van der Waals surface area contributed by atoms with E-state index in [1.54, 1.807) is 28.4 Å². The predicted octanol–water partition coefficient (Wildman–Crippen LogP) is 5.71. The third-order valence-corrected chi connectivity index (χ3v) is 7.41. The molecule has 1 aliphatic rings. The fraction of sp³-hybridized carbons (Fsp3) is 0.231. The van der Waals surface area contributed by atoms with Crippen molar-refractivity contribution < 1.29 is 9.59 Å². The van der Waals surface area contributed by atoms with Gasteiger partial charge in [0.05, 0.1) is 6.54 Å². The lowest BCUT2D eigenvalue weighted by molar-refractivity contribution is -0.126. The van der Waals surface area contributed by atoms with E-state index in [-0.39, 0.29) is 11.8 Å². The van der Waals surface area contributed by atoms with Crippen molar-refractivity contribution in [1.82, 2.24) is 9.88 Å². The second-order valence-corrected chi connectivity index (χ2v) is 10.2. The van der Waals surface area contributed by atoms with E-state index in [4.69, 9.17) is 11.6 Å². The number of benzene rings is 2. The number of hydrogen-bond donors (Lipinski definition) is 1. The summed E-state index contributed by atoms with van der Waals surface area (Å²) in [5, 5.41) is 6.74. The van der Waals surface area contributed by atoms with E-state index in [9.17, 15) is 9.59 Å². The molecule has 2 aromatic heterocycles. The summed E-state index contributed by atoms with van der Waals surface area (Å²) in [6, 6.07) is 17.3. The van der Waals surface area contributed by atoms with Crippen LogP contribution in [-0.2, 0) is 17.9 Å². The number of thiophene rings is 1. The standard InChI is InChI=1S/C26H24ClN3O2S/c1-16-10-17(2)12-21(11-16)30-23(31)22-13-19-8-9-33-24(19)29(22)15-26(30,3)25(32)28-14-18-4-6-20(27)7-5-18/h4-13H,14-15H2,1-3H3,(H,28,32). The van der Waals surface area contributed by atoms with Gasteiger partial charge in [-0.1, -0.05) is 29.8 Å². The number of carbonyl (C=O) groups is 2. The van der Waals surface area contributed by atoms with Gasteiger partial charge in [-0.15, -0.1) is 11.3 Å². The van der Waals surface area contributed by atoms with Crippen LogP contribution in [0.1, 0.15) is 34.1 Å². The molecule has 4 aromatic rings. The molecule has 1 unspecified atom stereocenters. The smallest absolute Gasteiger partial charge is 0.275 e. The van der Waals surface area contributed by atoms with Crippen LogP contribution in [-0.4, -0.2) is 21.9 Å². The number of halogens is 1. The summed E-state index contributed by atoms with van der Waals surface area (Å²) in [5.41, 5.74) is 3.27. The first kappa shape index (κ1) is 21.7. The summed E-state index contributed by atoms with van der Waals surface area (Å²) in [6.45, 7) is 6.58. The van der Waals surface area contributed by atoms with E-state index in [0.717, 1.165) is 32.6 Å². The van der Waals surface area contributed by atoms with E-state index in [0.29, 0.717) is 23.8 Å². The Kier molecular flexibility index (Phi) is 5.30. The number of aryl methyl sites for hydroxylation is 2. The minimum absolute atomic E-state index is 0.168. The molecule has 0 spiro atoms.